The number of nitrogens with zero attached hydrogens (tertiary/aromatic N) is 1. The van der Waals surface area contributed by atoms with Gasteiger partial charge < -0.3 is 9.78 Å². The Kier molecular flexibility index (Phi) is 4.38. The average molecular weight is 182 g/mol. The van der Waals surface area contributed by atoms with Crippen molar-refractivity contribution in [2.45, 2.75) is 39.5 Å². The number of carbonyl (C=O) groups is 1. The molecule has 1 aromatic rings. The van der Waals surface area contributed by atoms with Crippen molar-refractivity contribution in [2.24, 2.45) is 0 Å². The zero-order valence-corrected chi connectivity index (χ0v) is 8.85. The minimum atomic E-state index is 0.212. The first-order valence-electron chi connectivity index (χ1n) is 4.37. The van der Waals surface area contributed by atoms with Crippen LogP contribution in [0.2, 0.25) is 0 Å². The molecule has 1 rings (SSSR count). The van der Waals surface area contributed by atoms with E-state index >= 15 is 0 Å². The van der Waals surface area contributed by atoms with Crippen LogP contribution in [0.3, 0.4) is 0 Å². The van der Waals surface area contributed by atoms with E-state index in [0.717, 1.165) is 6.42 Å². The van der Waals surface area contributed by atoms with Gasteiger partial charge in [0.15, 0.2) is 0 Å². The van der Waals surface area contributed by atoms with Gasteiger partial charge in [-0.25, -0.2) is 4.98 Å². The van der Waals surface area contributed by atoms with Gasteiger partial charge in [0, 0.05) is 11.1 Å². The summed E-state index contributed by atoms with van der Waals surface area (Å²) in [7, 11) is 0. The molecule has 0 saturated carbocycles. The first-order valence-corrected chi connectivity index (χ1v) is 4.37. The van der Waals surface area contributed by atoms with Gasteiger partial charge in [-0.15, -0.1) is 0 Å². The van der Waals surface area contributed by atoms with Gasteiger partial charge in [0.25, 0.3) is 0 Å². The second kappa shape index (κ2) is 4.80. The topological polar surface area (TPSA) is 45.8 Å². The summed E-state index contributed by atoms with van der Waals surface area (Å²) in [5.74, 6) is 0. The molecule has 0 saturated heterocycles. The quantitative estimate of drug-likeness (QED) is 0.762. The fourth-order valence-corrected chi connectivity index (χ4v) is 1.21. The molecule has 0 aliphatic carbocycles. The van der Waals surface area contributed by atoms with Crippen molar-refractivity contribution in [1.82, 2.24) is 9.97 Å². The normalized spacial score (nSPS) is 10.5. The predicted octanol–water partition coefficient (Wildman–Crippen LogP) is 2.22. The number of rotatable bonds is 2. The highest BCUT2D eigenvalue weighted by Gasteiger charge is 2.22. The molecule has 3 nitrogen and oxygen atoms in total. The zero-order chi connectivity index (χ0) is 10.5. The lowest BCUT2D eigenvalue weighted by molar-refractivity contribution is -0.0979. The van der Waals surface area contributed by atoms with Crippen molar-refractivity contribution < 1.29 is 4.79 Å². The van der Waals surface area contributed by atoms with Crippen LogP contribution < -0.4 is 0 Å². The number of hydrogen-bond donors (Lipinski definition) is 1. The van der Waals surface area contributed by atoms with Crippen molar-refractivity contribution in [3.8, 4) is 0 Å². The third-order valence-corrected chi connectivity index (χ3v) is 2.35. The maximum Gasteiger partial charge on any atom is 0.106 e. The van der Waals surface area contributed by atoms with Crippen LogP contribution >= 0.6 is 0 Å². The molecule has 0 unspecified atom stereocenters. The Hall–Kier alpha value is -1.12. The van der Waals surface area contributed by atoms with Crippen LogP contribution in [0.1, 0.15) is 38.6 Å². The standard InChI is InChI=1S/C9H16N2.CH2O/c1-5-9(3,4)8-7(2)10-6-11-8;1-2/h6H,5H2,1-4H3,(H,10,11);1H2. The van der Waals surface area contributed by atoms with Crippen LogP contribution in [0.25, 0.3) is 0 Å². The van der Waals surface area contributed by atoms with Gasteiger partial charge in [0.2, 0.25) is 0 Å². The van der Waals surface area contributed by atoms with Crippen LogP contribution in [0.15, 0.2) is 6.33 Å². The van der Waals surface area contributed by atoms with Gasteiger partial charge in [-0.2, -0.15) is 0 Å². The molecule has 0 bridgehead atoms. The number of nitrogens with one attached hydrogen (secondary N) is 1. The van der Waals surface area contributed by atoms with Crippen LogP contribution in [0.5, 0.6) is 0 Å². The van der Waals surface area contributed by atoms with Crippen molar-refractivity contribution >= 4 is 6.79 Å². The average Bonchev–Trinajstić information content (AvgIpc) is 2.55. The van der Waals surface area contributed by atoms with Gasteiger partial charge in [-0.1, -0.05) is 20.8 Å². The number of aromatic amines is 1. The van der Waals surface area contributed by atoms with Gasteiger partial charge >= 0.3 is 0 Å². The van der Waals surface area contributed by atoms with Crippen LogP contribution in [0, 0.1) is 6.92 Å². The lowest BCUT2D eigenvalue weighted by Crippen LogP contribution is -2.17. The molecule has 74 valence electrons. The molecular weight excluding hydrogens is 164 g/mol. The molecule has 0 atom stereocenters. The number of aromatic nitrogens is 2. The maximum absolute atomic E-state index is 8.00. The highest BCUT2D eigenvalue weighted by atomic mass is 16.1. The fraction of sp³-hybridized carbons (Fsp3) is 0.600. The Labute approximate surface area is 79.6 Å². The van der Waals surface area contributed by atoms with Crippen LogP contribution in [-0.4, -0.2) is 16.8 Å². The second-order valence-electron chi connectivity index (χ2n) is 3.61. The van der Waals surface area contributed by atoms with Crippen molar-refractivity contribution in [2.75, 3.05) is 0 Å². The summed E-state index contributed by atoms with van der Waals surface area (Å²) in [6, 6.07) is 0. The minimum absolute atomic E-state index is 0.212. The Balaban J connectivity index is 0.000000671. The van der Waals surface area contributed by atoms with E-state index in [1.165, 1.54) is 11.4 Å². The smallest absolute Gasteiger partial charge is 0.106 e. The lowest BCUT2D eigenvalue weighted by Gasteiger charge is -2.20. The Morgan fingerprint density at radius 2 is 2.08 bits per heavy atom. The minimum Gasteiger partial charge on any atom is -0.348 e. The molecule has 0 aromatic carbocycles. The molecule has 0 aliphatic heterocycles. The van der Waals surface area contributed by atoms with Gasteiger partial charge in [-0.3, -0.25) is 0 Å². The van der Waals surface area contributed by atoms with E-state index in [0.29, 0.717) is 0 Å². The van der Waals surface area contributed by atoms with Crippen molar-refractivity contribution in [3.63, 3.8) is 0 Å². The molecule has 0 fully saturated rings. The monoisotopic (exact) mass is 182 g/mol. The van der Waals surface area contributed by atoms with Crippen molar-refractivity contribution in [1.29, 1.82) is 0 Å². The number of imidazole rings is 1. The number of carbonyl (C=O) groups excluding carboxylic acids is 1. The molecular formula is C10H18N2O. The molecule has 0 spiro atoms. The van der Waals surface area contributed by atoms with E-state index < -0.39 is 0 Å². The molecule has 13 heavy (non-hydrogen) atoms. The SMILES string of the molecule is C=O.CCC(C)(C)c1nc[nH]c1C. The summed E-state index contributed by atoms with van der Waals surface area (Å²) in [6.07, 6.45) is 2.89. The lowest BCUT2D eigenvalue weighted by atomic mass is 9.85. The Bertz CT molecular complexity index is 253. The van der Waals surface area contributed by atoms with Crippen LogP contribution in [-0.2, 0) is 10.2 Å². The number of H-pyrrole nitrogens is 1. The molecule has 3 heteroatoms. The molecule has 1 heterocycles. The molecule has 0 amide bonds. The predicted molar refractivity (Wildman–Crippen MR) is 53.8 cm³/mol. The third kappa shape index (κ3) is 2.68. The first-order chi connectivity index (χ1) is 6.08. The molecule has 1 N–H and O–H groups in total. The zero-order valence-electron chi connectivity index (χ0n) is 8.85. The summed E-state index contributed by atoms with van der Waals surface area (Å²) >= 11 is 0. The molecule has 1 aromatic heterocycles. The molecule has 0 aliphatic rings. The van der Waals surface area contributed by atoms with Gasteiger partial charge in [-0.05, 0) is 13.3 Å². The number of aryl methyl sites for hydroxylation is 1. The van der Waals surface area contributed by atoms with E-state index in [1.807, 2.05) is 6.79 Å². The largest absolute Gasteiger partial charge is 0.348 e. The summed E-state index contributed by atoms with van der Waals surface area (Å²) in [4.78, 5) is 15.4. The molecule has 0 radical (unpaired) electrons. The van der Waals surface area contributed by atoms with E-state index in [1.54, 1.807) is 6.33 Å². The summed E-state index contributed by atoms with van der Waals surface area (Å²) in [5, 5.41) is 0. The highest BCUT2D eigenvalue weighted by Crippen LogP contribution is 2.26. The summed E-state index contributed by atoms with van der Waals surface area (Å²) in [5.41, 5.74) is 2.60. The van der Waals surface area contributed by atoms with E-state index in [-0.39, 0.29) is 5.41 Å². The van der Waals surface area contributed by atoms with Crippen molar-refractivity contribution in [3.05, 3.63) is 17.7 Å². The highest BCUT2D eigenvalue weighted by molar-refractivity contribution is 5.18. The van der Waals surface area contributed by atoms with E-state index in [9.17, 15) is 0 Å². The number of hydrogen-bond acceptors (Lipinski definition) is 2. The third-order valence-electron chi connectivity index (χ3n) is 2.35. The maximum atomic E-state index is 8.00. The summed E-state index contributed by atoms with van der Waals surface area (Å²) in [6.45, 7) is 10.7. The Morgan fingerprint density at radius 3 is 2.38 bits per heavy atom. The second-order valence-corrected chi connectivity index (χ2v) is 3.61. The summed E-state index contributed by atoms with van der Waals surface area (Å²) < 4.78 is 0. The van der Waals surface area contributed by atoms with Gasteiger partial charge in [0.1, 0.15) is 6.79 Å². The van der Waals surface area contributed by atoms with Crippen LogP contribution in [0.4, 0.5) is 0 Å². The first kappa shape index (κ1) is 11.9. The van der Waals surface area contributed by atoms with Gasteiger partial charge in [0.05, 0.1) is 12.0 Å². The van der Waals surface area contributed by atoms with E-state index in [4.69, 9.17) is 4.79 Å². The fourth-order valence-electron chi connectivity index (χ4n) is 1.21. The Morgan fingerprint density at radius 1 is 1.54 bits per heavy atom. The van der Waals surface area contributed by atoms with E-state index in [2.05, 4.69) is 37.7 Å².